The lowest BCUT2D eigenvalue weighted by atomic mass is 10.1. The highest BCUT2D eigenvalue weighted by atomic mass is 16.2. The molecule has 0 saturated carbocycles. The highest BCUT2D eigenvalue weighted by molar-refractivity contribution is 5.82. The Morgan fingerprint density at radius 2 is 1.96 bits per heavy atom. The maximum Gasteiger partial charge on any atom is 0.320 e. The summed E-state index contributed by atoms with van der Waals surface area (Å²) in [5, 5.41) is 11.8. The van der Waals surface area contributed by atoms with E-state index in [9.17, 15) is 9.59 Å². The lowest BCUT2D eigenvalue weighted by Gasteiger charge is -2.23. The van der Waals surface area contributed by atoms with Gasteiger partial charge in [-0.25, -0.2) is 9.48 Å². The highest BCUT2D eigenvalue weighted by Crippen LogP contribution is 2.21. The molecule has 2 aliphatic heterocycles. The van der Waals surface area contributed by atoms with Crippen LogP contribution in [0.1, 0.15) is 44.8 Å². The van der Waals surface area contributed by atoms with Crippen LogP contribution in [0.3, 0.4) is 0 Å². The molecule has 0 aromatic carbocycles. The average molecular weight is 377 g/mol. The molecule has 9 heteroatoms. The Morgan fingerprint density at radius 3 is 2.63 bits per heavy atom. The monoisotopic (exact) mass is 377 g/mol. The lowest BCUT2D eigenvalue weighted by molar-refractivity contribution is -0.132. The smallest absolute Gasteiger partial charge is 0.320 e. The summed E-state index contributed by atoms with van der Waals surface area (Å²) in [6, 6.07) is -0.00761. The Balaban J connectivity index is 1.55. The van der Waals surface area contributed by atoms with Crippen LogP contribution in [-0.4, -0.2) is 87.4 Å². The van der Waals surface area contributed by atoms with Crippen LogP contribution in [0.25, 0.3) is 0 Å². The van der Waals surface area contributed by atoms with Crippen molar-refractivity contribution >= 4 is 11.9 Å². The summed E-state index contributed by atoms with van der Waals surface area (Å²) in [5.74, 6) is 0.152. The van der Waals surface area contributed by atoms with E-state index in [1.165, 1.54) is 0 Å². The summed E-state index contributed by atoms with van der Waals surface area (Å²) in [7, 11) is 1.80. The molecule has 3 rings (SSSR count). The van der Waals surface area contributed by atoms with E-state index in [0.717, 1.165) is 44.7 Å². The molecule has 9 nitrogen and oxygen atoms in total. The van der Waals surface area contributed by atoms with Crippen molar-refractivity contribution in [2.75, 3.05) is 39.8 Å². The molecule has 2 atom stereocenters. The Kier molecular flexibility index (Phi) is 6.30. The largest absolute Gasteiger partial charge is 0.342 e. The van der Waals surface area contributed by atoms with Crippen molar-refractivity contribution < 1.29 is 9.59 Å². The van der Waals surface area contributed by atoms with E-state index >= 15 is 0 Å². The van der Waals surface area contributed by atoms with Crippen molar-refractivity contribution in [1.82, 2.24) is 35.0 Å². The van der Waals surface area contributed by atoms with E-state index in [-0.39, 0.29) is 24.0 Å². The summed E-state index contributed by atoms with van der Waals surface area (Å²) < 4.78 is 1.83. The molecule has 2 saturated heterocycles. The molecule has 0 bridgehead atoms. The zero-order chi connectivity index (χ0) is 19.4. The van der Waals surface area contributed by atoms with Gasteiger partial charge in [-0.05, 0) is 33.1 Å². The number of carbonyl (C=O) groups is 2. The van der Waals surface area contributed by atoms with Gasteiger partial charge in [0.15, 0.2) is 0 Å². The van der Waals surface area contributed by atoms with Crippen molar-refractivity contribution in [1.29, 1.82) is 0 Å². The number of likely N-dealkylation sites (tertiary alicyclic amines) is 1. The first kappa shape index (κ1) is 19.6. The van der Waals surface area contributed by atoms with E-state index in [0.29, 0.717) is 19.5 Å². The molecule has 0 unspecified atom stereocenters. The minimum atomic E-state index is -0.165. The third-order valence-corrected chi connectivity index (χ3v) is 5.52. The number of nitrogens with one attached hydrogen (secondary N) is 1. The molecule has 3 amide bonds. The van der Waals surface area contributed by atoms with Crippen LogP contribution >= 0.6 is 0 Å². The van der Waals surface area contributed by atoms with Crippen LogP contribution in [-0.2, 0) is 11.3 Å². The van der Waals surface area contributed by atoms with Gasteiger partial charge in [0, 0.05) is 39.8 Å². The number of hydrogen-bond donors (Lipinski definition) is 1. The summed E-state index contributed by atoms with van der Waals surface area (Å²) in [6.45, 7) is 8.26. The van der Waals surface area contributed by atoms with Crippen LogP contribution < -0.4 is 5.32 Å². The zero-order valence-electron chi connectivity index (χ0n) is 16.6. The molecule has 0 radical (unpaired) electrons. The van der Waals surface area contributed by atoms with Crippen molar-refractivity contribution in [3.63, 3.8) is 0 Å². The molecule has 1 N–H and O–H groups in total. The van der Waals surface area contributed by atoms with Gasteiger partial charge in [0.05, 0.1) is 24.8 Å². The predicted molar refractivity (Wildman–Crippen MR) is 101 cm³/mol. The first-order chi connectivity index (χ1) is 13.0. The standard InChI is InChI=1S/C18H31N7O2/c1-4-23(5-2)17(26)16-10-15(11-19-16)25-13-14(20-21-25)12-22(3)18(27)24-8-6-7-9-24/h13,15-16,19H,4-12H2,1-3H3/t15-,16+/m1/s1. The summed E-state index contributed by atoms with van der Waals surface area (Å²) in [4.78, 5) is 30.3. The van der Waals surface area contributed by atoms with Gasteiger partial charge in [-0.15, -0.1) is 5.10 Å². The van der Waals surface area contributed by atoms with Gasteiger partial charge in [0.2, 0.25) is 5.91 Å². The zero-order valence-corrected chi connectivity index (χ0v) is 16.6. The fourth-order valence-corrected chi connectivity index (χ4v) is 3.89. The Hall–Kier alpha value is -2.16. The van der Waals surface area contributed by atoms with Crippen LogP contribution in [0.4, 0.5) is 4.79 Å². The molecule has 150 valence electrons. The first-order valence-corrected chi connectivity index (χ1v) is 9.96. The second kappa shape index (κ2) is 8.69. The molecular weight excluding hydrogens is 346 g/mol. The minimum absolute atomic E-state index is 0.0504. The fourth-order valence-electron chi connectivity index (χ4n) is 3.89. The molecule has 0 aliphatic carbocycles. The summed E-state index contributed by atoms with van der Waals surface area (Å²) in [6.07, 6.45) is 4.76. The van der Waals surface area contributed by atoms with Crippen LogP contribution in [0, 0.1) is 0 Å². The Labute approximate surface area is 160 Å². The quantitative estimate of drug-likeness (QED) is 0.789. The Bertz CT molecular complexity index is 652. The number of amides is 3. The number of urea groups is 1. The summed E-state index contributed by atoms with van der Waals surface area (Å²) >= 11 is 0. The second-order valence-corrected chi connectivity index (χ2v) is 7.38. The molecular formula is C18H31N7O2. The molecule has 2 aliphatic rings. The molecule has 0 spiro atoms. The number of nitrogens with zero attached hydrogens (tertiary/aromatic N) is 6. The molecule has 27 heavy (non-hydrogen) atoms. The number of carbonyl (C=O) groups excluding carboxylic acids is 2. The molecule has 1 aromatic rings. The number of aromatic nitrogens is 3. The van der Waals surface area contributed by atoms with Gasteiger partial charge < -0.3 is 20.0 Å². The van der Waals surface area contributed by atoms with Gasteiger partial charge >= 0.3 is 6.03 Å². The van der Waals surface area contributed by atoms with Gasteiger partial charge in [0.1, 0.15) is 5.69 Å². The van der Waals surface area contributed by atoms with Crippen molar-refractivity contribution in [3.05, 3.63) is 11.9 Å². The predicted octanol–water partition coefficient (Wildman–Crippen LogP) is 0.697. The third kappa shape index (κ3) is 4.40. The molecule has 3 heterocycles. The highest BCUT2D eigenvalue weighted by Gasteiger charge is 2.33. The third-order valence-electron chi connectivity index (χ3n) is 5.52. The molecule has 1 aromatic heterocycles. The molecule has 2 fully saturated rings. The summed E-state index contributed by atoms with van der Waals surface area (Å²) in [5.41, 5.74) is 0.767. The average Bonchev–Trinajstić information content (AvgIpc) is 3.42. The normalized spacial score (nSPS) is 22.3. The van der Waals surface area contributed by atoms with Gasteiger partial charge in [-0.1, -0.05) is 5.21 Å². The maximum atomic E-state index is 12.5. The van der Waals surface area contributed by atoms with E-state index in [2.05, 4.69) is 15.6 Å². The Morgan fingerprint density at radius 1 is 1.26 bits per heavy atom. The number of rotatable bonds is 6. The SMILES string of the molecule is CCN(CC)C(=O)[C@@H]1C[C@@H](n2cc(CN(C)C(=O)N3CCCC3)nn2)CN1. The van der Waals surface area contributed by atoms with Crippen molar-refractivity contribution in [2.24, 2.45) is 0 Å². The topological polar surface area (TPSA) is 86.6 Å². The van der Waals surface area contributed by atoms with E-state index in [1.54, 1.807) is 11.9 Å². The van der Waals surface area contributed by atoms with Crippen molar-refractivity contribution in [3.8, 4) is 0 Å². The van der Waals surface area contributed by atoms with Crippen LogP contribution in [0.2, 0.25) is 0 Å². The fraction of sp³-hybridized carbons (Fsp3) is 0.778. The van der Waals surface area contributed by atoms with E-state index in [1.807, 2.05) is 34.5 Å². The first-order valence-electron chi connectivity index (χ1n) is 9.96. The van der Waals surface area contributed by atoms with E-state index in [4.69, 9.17) is 0 Å². The van der Waals surface area contributed by atoms with E-state index < -0.39 is 0 Å². The second-order valence-electron chi connectivity index (χ2n) is 7.38. The van der Waals surface area contributed by atoms with Crippen LogP contribution in [0.5, 0.6) is 0 Å². The van der Waals surface area contributed by atoms with Gasteiger partial charge in [0.25, 0.3) is 0 Å². The maximum absolute atomic E-state index is 12.5. The minimum Gasteiger partial charge on any atom is -0.342 e. The number of likely N-dealkylation sites (N-methyl/N-ethyl adjacent to an activating group) is 1. The van der Waals surface area contributed by atoms with Crippen molar-refractivity contribution in [2.45, 2.75) is 51.7 Å². The van der Waals surface area contributed by atoms with Crippen LogP contribution in [0.15, 0.2) is 6.20 Å². The van der Waals surface area contributed by atoms with Gasteiger partial charge in [-0.2, -0.15) is 0 Å². The lowest BCUT2D eigenvalue weighted by Crippen LogP contribution is -2.43. The van der Waals surface area contributed by atoms with Gasteiger partial charge in [-0.3, -0.25) is 4.79 Å². The number of hydrogen-bond acceptors (Lipinski definition) is 5.